The maximum absolute atomic E-state index is 10.8. The van der Waals surface area contributed by atoms with Crippen LogP contribution in [0.4, 0.5) is 4.79 Å². The molecule has 2 N–H and O–H groups in total. The maximum atomic E-state index is 10.8. The van der Waals surface area contributed by atoms with Gasteiger partial charge in [-0.15, -0.1) is 0 Å². The van der Waals surface area contributed by atoms with E-state index in [1.54, 1.807) is 14.2 Å². The Bertz CT molecular complexity index is 869. The van der Waals surface area contributed by atoms with E-state index in [-0.39, 0.29) is 6.04 Å². The molecule has 1 aromatic carbocycles. The minimum Gasteiger partial charge on any atom is -0.493 e. The van der Waals surface area contributed by atoms with E-state index in [1.165, 1.54) is 0 Å². The number of carboxylic acid groups (broad SMARTS) is 1. The molecule has 0 spiro atoms. The van der Waals surface area contributed by atoms with Crippen molar-refractivity contribution in [2.75, 3.05) is 28.3 Å². The van der Waals surface area contributed by atoms with Gasteiger partial charge in [0.05, 0.1) is 20.3 Å². The number of methoxy groups -OCH3 is 2. The smallest absolute Gasteiger partial charge is 0.493 e. The van der Waals surface area contributed by atoms with E-state index >= 15 is 0 Å². The van der Waals surface area contributed by atoms with E-state index in [0.29, 0.717) is 30.1 Å². The fourth-order valence-corrected chi connectivity index (χ4v) is 3.66. The van der Waals surface area contributed by atoms with E-state index in [1.807, 2.05) is 44.6 Å². The Hall–Kier alpha value is -2.93. The van der Waals surface area contributed by atoms with Gasteiger partial charge in [0.15, 0.2) is 11.5 Å². The Labute approximate surface area is 158 Å². The first-order valence-electron chi connectivity index (χ1n) is 8.62. The Balaban J connectivity index is 2.02. The lowest BCUT2D eigenvalue weighted by Crippen LogP contribution is -2.23. The zero-order valence-electron chi connectivity index (χ0n) is 15.9. The molecule has 0 aliphatic heterocycles. The number of nitrogens with one attached hydrogen (secondary N) is 1. The van der Waals surface area contributed by atoms with Crippen molar-refractivity contribution >= 4 is 6.16 Å². The molecular formula is C20H24N2O5. The molecule has 1 aliphatic carbocycles. The molecule has 0 radical (unpaired) electrons. The monoisotopic (exact) mass is 372 g/mol. The minimum atomic E-state index is -1.29. The van der Waals surface area contributed by atoms with Crippen LogP contribution in [0.25, 0.3) is 0 Å². The van der Waals surface area contributed by atoms with Gasteiger partial charge in [-0.3, -0.25) is 4.90 Å². The first kappa shape index (κ1) is 18.8. The van der Waals surface area contributed by atoms with Crippen molar-refractivity contribution in [3.8, 4) is 11.5 Å². The van der Waals surface area contributed by atoms with Gasteiger partial charge in [-0.1, -0.05) is 12.1 Å². The molecule has 1 aromatic heterocycles. The van der Waals surface area contributed by atoms with Gasteiger partial charge in [0.2, 0.25) is 0 Å². The molecule has 0 saturated heterocycles. The predicted octanol–water partition coefficient (Wildman–Crippen LogP) is 3.36. The van der Waals surface area contributed by atoms with E-state index in [0.717, 1.165) is 22.4 Å². The third kappa shape index (κ3) is 3.64. The summed E-state index contributed by atoms with van der Waals surface area (Å²) in [5.74, 6) is 1.84. The number of allylic oxidation sites excluding steroid dienone is 2. The number of benzene rings is 1. The highest BCUT2D eigenvalue weighted by Gasteiger charge is 2.28. The van der Waals surface area contributed by atoms with E-state index in [9.17, 15) is 4.79 Å². The summed E-state index contributed by atoms with van der Waals surface area (Å²) >= 11 is 0. The van der Waals surface area contributed by atoms with Crippen molar-refractivity contribution in [1.29, 1.82) is 0 Å². The Kier molecular flexibility index (Phi) is 5.41. The number of carbonyl (C=O) groups is 1. The van der Waals surface area contributed by atoms with Crippen LogP contribution in [0.3, 0.4) is 0 Å². The summed E-state index contributed by atoms with van der Waals surface area (Å²) in [6.45, 7) is 0. The van der Waals surface area contributed by atoms with Gasteiger partial charge in [0, 0.05) is 23.9 Å². The van der Waals surface area contributed by atoms with E-state index in [4.69, 9.17) is 19.3 Å². The molecule has 1 atom stereocenters. The van der Waals surface area contributed by atoms with Gasteiger partial charge in [-0.25, -0.2) is 4.79 Å². The van der Waals surface area contributed by atoms with E-state index < -0.39 is 6.16 Å². The lowest BCUT2D eigenvalue weighted by molar-refractivity contribution is 0.116. The molecule has 1 heterocycles. The van der Waals surface area contributed by atoms with Gasteiger partial charge in [0.25, 0.3) is 0 Å². The number of H-pyrrole nitrogens is 1. The Morgan fingerprint density at radius 3 is 2.63 bits per heavy atom. The number of ether oxygens (including phenoxy) is 3. The van der Waals surface area contributed by atoms with Crippen LogP contribution in [-0.2, 0) is 17.6 Å². The largest absolute Gasteiger partial charge is 0.511 e. The van der Waals surface area contributed by atoms with Crippen LogP contribution >= 0.6 is 0 Å². The Morgan fingerprint density at radius 1 is 1.22 bits per heavy atom. The van der Waals surface area contributed by atoms with Crippen LogP contribution in [0.15, 0.2) is 36.2 Å². The summed E-state index contributed by atoms with van der Waals surface area (Å²) in [6, 6.07) is 5.80. The number of nitrogens with zero attached hydrogens (tertiary/aromatic N) is 1. The number of aromatic amines is 1. The number of para-hydroxylation sites is 1. The van der Waals surface area contributed by atoms with Crippen LogP contribution in [0, 0.1) is 0 Å². The summed E-state index contributed by atoms with van der Waals surface area (Å²) in [5, 5.41) is 8.83. The zero-order valence-corrected chi connectivity index (χ0v) is 15.9. The molecule has 0 fully saturated rings. The van der Waals surface area contributed by atoms with Crippen molar-refractivity contribution in [2.24, 2.45) is 0 Å². The number of fused-ring (bicyclic) bond motifs is 1. The number of rotatable bonds is 6. The molecule has 7 heteroatoms. The third-order valence-corrected chi connectivity index (χ3v) is 4.76. The highest BCUT2D eigenvalue weighted by Crippen LogP contribution is 2.41. The normalized spacial score (nSPS) is 14.3. The second-order valence-corrected chi connectivity index (χ2v) is 6.57. The summed E-state index contributed by atoms with van der Waals surface area (Å²) in [5.41, 5.74) is 4.24. The lowest BCUT2D eigenvalue weighted by atomic mass is 9.91. The van der Waals surface area contributed by atoms with E-state index in [2.05, 4.69) is 9.88 Å². The summed E-state index contributed by atoms with van der Waals surface area (Å²) in [6.07, 6.45) is 3.54. The topological polar surface area (TPSA) is 84.0 Å². The van der Waals surface area contributed by atoms with Gasteiger partial charge >= 0.3 is 6.16 Å². The summed E-state index contributed by atoms with van der Waals surface area (Å²) < 4.78 is 15.9. The molecular weight excluding hydrogens is 348 g/mol. The van der Waals surface area contributed by atoms with Crippen molar-refractivity contribution in [1.82, 2.24) is 9.88 Å². The first-order valence-corrected chi connectivity index (χ1v) is 8.62. The second kappa shape index (κ2) is 7.75. The van der Waals surface area contributed by atoms with Gasteiger partial charge in [-0.2, -0.15) is 0 Å². The number of aromatic nitrogens is 1. The van der Waals surface area contributed by atoms with Crippen LogP contribution < -0.4 is 9.47 Å². The van der Waals surface area contributed by atoms with Crippen LogP contribution in [0.5, 0.6) is 11.5 Å². The first-order chi connectivity index (χ1) is 13.0. The second-order valence-electron chi connectivity index (χ2n) is 6.57. The van der Waals surface area contributed by atoms with Gasteiger partial charge in [-0.05, 0) is 43.8 Å². The molecule has 3 rings (SSSR count). The van der Waals surface area contributed by atoms with Crippen molar-refractivity contribution in [2.45, 2.75) is 18.9 Å². The summed E-state index contributed by atoms with van der Waals surface area (Å²) in [7, 11) is 7.29. The molecule has 1 unspecified atom stereocenters. The van der Waals surface area contributed by atoms with Crippen LogP contribution in [0.2, 0.25) is 0 Å². The molecule has 1 aliphatic rings. The van der Waals surface area contributed by atoms with Gasteiger partial charge < -0.3 is 24.3 Å². The standard InChI is InChI=1S/C20H24N2O5/c1-22(2)18(14-6-5-7-17(25-3)19(14)26-4)15-11-21-16-10-12(27-20(23)24)8-9-13(15)16/h5-8,11,18,21H,9-10H2,1-4H3,(H,23,24). The van der Waals surface area contributed by atoms with Crippen LogP contribution in [0.1, 0.15) is 28.4 Å². The quantitative estimate of drug-likeness (QED) is 0.757. The number of hydrogen-bond donors (Lipinski definition) is 2. The van der Waals surface area contributed by atoms with Crippen molar-refractivity contribution in [3.63, 3.8) is 0 Å². The molecule has 144 valence electrons. The fourth-order valence-electron chi connectivity index (χ4n) is 3.66. The summed E-state index contributed by atoms with van der Waals surface area (Å²) in [4.78, 5) is 16.2. The molecule has 27 heavy (non-hydrogen) atoms. The highest BCUT2D eigenvalue weighted by molar-refractivity contribution is 5.59. The van der Waals surface area contributed by atoms with Gasteiger partial charge in [0.1, 0.15) is 5.76 Å². The lowest BCUT2D eigenvalue weighted by Gasteiger charge is -2.28. The maximum Gasteiger partial charge on any atom is 0.511 e. The molecule has 2 aromatic rings. The van der Waals surface area contributed by atoms with Crippen molar-refractivity contribution < 1.29 is 24.1 Å². The average Bonchev–Trinajstić information content (AvgIpc) is 3.03. The van der Waals surface area contributed by atoms with Crippen LogP contribution in [-0.4, -0.2) is 49.5 Å². The Morgan fingerprint density at radius 2 is 2.00 bits per heavy atom. The number of hydrogen-bond acceptors (Lipinski definition) is 5. The highest BCUT2D eigenvalue weighted by atomic mass is 16.7. The fraction of sp³-hybridized carbons (Fsp3) is 0.350. The van der Waals surface area contributed by atoms with Crippen molar-refractivity contribution in [3.05, 3.63) is 58.6 Å². The molecule has 0 amide bonds. The predicted molar refractivity (Wildman–Crippen MR) is 100 cm³/mol. The molecule has 0 bridgehead atoms. The molecule has 7 nitrogen and oxygen atoms in total. The third-order valence-electron chi connectivity index (χ3n) is 4.76. The molecule has 0 saturated carbocycles. The minimum absolute atomic E-state index is 0.0506. The average molecular weight is 372 g/mol. The zero-order chi connectivity index (χ0) is 19.6. The SMILES string of the molecule is COc1cccc(C(c2c[nH]c3c2CC=C(OC(=O)O)C3)N(C)C)c1OC.